The molecule has 0 aromatic carbocycles. The van der Waals surface area contributed by atoms with Crippen molar-refractivity contribution in [3.8, 4) is 0 Å². The molecule has 3 amide bonds. The van der Waals surface area contributed by atoms with E-state index in [4.69, 9.17) is 10.8 Å². The molecule has 1 aliphatic heterocycles. The number of nitrogens with one attached hydrogen (secondary N) is 1. The molecule has 1 unspecified atom stereocenters. The van der Waals surface area contributed by atoms with Gasteiger partial charge in [0.25, 0.3) is 0 Å². The fourth-order valence-electron chi connectivity index (χ4n) is 2.09. The molecule has 1 saturated heterocycles. The molecule has 2 atom stereocenters. The second kappa shape index (κ2) is 7.46. The van der Waals surface area contributed by atoms with E-state index in [1.807, 2.05) is 0 Å². The van der Waals surface area contributed by atoms with Gasteiger partial charge in [-0.05, 0) is 12.8 Å². The number of carboxylic acid groups (broad SMARTS) is 1. The molecular formula is C12H19N3O6. The Bertz CT molecular complexity index is 439. The van der Waals surface area contributed by atoms with E-state index in [1.165, 1.54) is 12.0 Å². The Morgan fingerprint density at radius 1 is 1.43 bits per heavy atom. The highest BCUT2D eigenvalue weighted by Crippen LogP contribution is 2.17. The van der Waals surface area contributed by atoms with E-state index in [1.54, 1.807) is 0 Å². The van der Waals surface area contributed by atoms with Gasteiger partial charge < -0.3 is 25.8 Å². The maximum atomic E-state index is 11.9. The maximum absolute atomic E-state index is 11.9. The quantitative estimate of drug-likeness (QED) is 0.533. The van der Waals surface area contributed by atoms with Crippen molar-refractivity contribution in [2.45, 2.75) is 25.3 Å². The number of carboxylic acids is 1. The summed E-state index contributed by atoms with van der Waals surface area (Å²) in [7, 11) is 1.27. The number of hydrogen-bond donors (Lipinski definition) is 3. The third kappa shape index (κ3) is 4.93. The van der Waals surface area contributed by atoms with Crippen molar-refractivity contribution in [3.05, 3.63) is 0 Å². The smallest absolute Gasteiger partial charge is 0.326 e. The molecule has 4 N–H and O–H groups in total. The van der Waals surface area contributed by atoms with Crippen LogP contribution in [0, 0.1) is 5.92 Å². The van der Waals surface area contributed by atoms with E-state index in [9.17, 15) is 19.2 Å². The summed E-state index contributed by atoms with van der Waals surface area (Å²) < 4.78 is 4.60. The third-order valence-electron chi connectivity index (χ3n) is 3.29. The van der Waals surface area contributed by atoms with Gasteiger partial charge >= 0.3 is 18.0 Å². The van der Waals surface area contributed by atoms with E-state index in [0.717, 1.165) is 0 Å². The molecule has 1 fully saturated rings. The number of urea groups is 1. The van der Waals surface area contributed by atoms with Crippen LogP contribution in [0.25, 0.3) is 0 Å². The summed E-state index contributed by atoms with van der Waals surface area (Å²) in [6.07, 6.45) is 0.256. The predicted octanol–water partition coefficient (Wildman–Crippen LogP) is -1.09. The van der Waals surface area contributed by atoms with E-state index >= 15 is 0 Å². The van der Waals surface area contributed by atoms with E-state index in [2.05, 4.69) is 10.1 Å². The number of carbonyl (C=O) groups is 4. The number of likely N-dealkylation sites (tertiary alicyclic amines) is 1. The first-order valence-corrected chi connectivity index (χ1v) is 6.49. The van der Waals surface area contributed by atoms with E-state index in [0.29, 0.717) is 13.0 Å². The van der Waals surface area contributed by atoms with E-state index < -0.39 is 35.8 Å². The molecule has 0 aromatic rings. The molecule has 0 saturated carbocycles. The van der Waals surface area contributed by atoms with Crippen LogP contribution in [0.1, 0.15) is 19.3 Å². The number of esters is 1. The summed E-state index contributed by atoms with van der Waals surface area (Å²) in [5, 5.41) is 11.3. The average molecular weight is 301 g/mol. The van der Waals surface area contributed by atoms with Crippen LogP contribution in [0.2, 0.25) is 0 Å². The van der Waals surface area contributed by atoms with Crippen LogP contribution in [0.15, 0.2) is 0 Å². The average Bonchev–Trinajstić information content (AvgIpc) is 2.91. The topological polar surface area (TPSA) is 139 Å². The molecule has 9 nitrogen and oxygen atoms in total. The molecule has 1 rings (SSSR count). The Balaban J connectivity index is 2.52. The van der Waals surface area contributed by atoms with Crippen LogP contribution >= 0.6 is 0 Å². The highest BCUT2D eigenvalue weighted by molar-refractivity contribution is 5.84. The first kappa shape index (κ1) is 16.7. The van der Waals surface area contributed by atoms with Crippen LogP contribution in [0.3, 0.4) is 0 Å². The van der Waals surface area contributed by atoms with Crippen molar-refractivity contribution >= 4 is 23.9 Å². The fourth-order valence-corrected chi connectivity index (χ4v) is 2.09. The Hall–Kier alpha value is -2.32. The molecule has 9 heteroatoms. The minimum atomic E-state index is -1.24. The molecule has 118 valence electrons. The van der Waals surface area contributed by atoms with Gasteiger partial charge in [0, 0.05) is 19.5 Å². The predicted molar refractivity (Wildman–Crippen MR) is 70.1 cm³/mol. The SMILES string of the molecule is COC(=O)C1CCN(C(=O)N[C@H](CCC(N)=O)C(=O)O)C1. The normalized spacial score (nSPS) is 18.9. The zero-order valence-electron chi connectivity index (χ0n) is 11.7. The summed E-state index contributed by atoms with van der Waals surface area (Å²) in [5.74, 6) is -2.67. The van der Waals surface area contributed by atoms with Crippen molar-refractivity contribution in [1.29, 1.82) is 0 Å². The third-order valence-corrected chi connectivity index (χ3v) is 3.29. The molecule has 0 aromatic heterocycles. The summed E-state index contributed by atoms with van der Waals surface area (Å²) in [4.78, 5) is 46.4. The Morgan fingerprint density at radius 3 is 2.62 bits per heavy atom. The number of amides is 3. The van der Waals surface area contributed by atoms with E-state index in [-0.39, 0.29) is 19.4 Å². The van der Waals surface area contributed by atoms with Gasteiger partial charge in [0.2, 0.25) is 5.91 Å². The van der Waals surface area contributed by atoms with Crippen LogP contribution < -0.4 is 11.1 Å². The van der Waals surface area contributed by atoms with Crippen LogP contribution in [-0.2, 0) is 19.1 Å². The lowest BCUT2D eigenvalue weighted by Gasteiger charge is -2.20. The number of primary amides is 1. The summed E-state index contributed by atoms with van der Waals surface area (Å²) in [6, 6.07) is -1.78. The molecule has 0 spiro atoms. The standard InChI is InChI=1S/C12H19N3O6/c1-21-11(19)7-4-5-15(6-7)12(20)14-8(10(17)18)2-3-9(13)16/h7-8H,2-6H2,1H3,(H2,13,16)(H,14,20)(H,17,18)/t7?,8-/m1/s1. The first-order chi connectivity index (χ1) is 9.85. The minimum absolute atomic E-state index is 0.0787. The lowest BCUT2D eigenvalue weighted by molar-refractivity contribution is -0.145. The maximum Gasteiger partial charge on any atom is 0.326 e. The fraction of sp³-hybridized carbons (Fsp3) is 0.667. The number of ether oxygens (including phenoxy) is 1. The Kier molecular flexibility index (Phi) is 5.94. The number of carbonyl (C=O) groups excluding carboxylic acids is 3. The highest BCUT2D eigenvalue weighted by atomic mass is 16.5. The van der Waals surface area contributed by atoms with Crippen molar-refractivity contribution in [2.75, 3.05) is 20.2 Å². The van der Waals surface area contributed by atoms with Crippen LogP contribution in [-0.4, -0.2) is 60.1 Å². The number of nitrogens with zero attached hydrogens (tertiary/aromatic N) is 1. The van der Waals surface area contributed by atoms with Gasteiger partial charge in [0.15, 0.2) is 0 Å². The molecule has 21 heavy (non-hydrogen) atoms. The van der Waals surface area contributed by atoms with Gasteiger partial charge in [0.1, 0.15) is 6.04 Å². The molecule has 0 radical (unpaired) electrons. The van der Waals surface area contributed by atoms with Gasteiger partial charge in [-0.2, -0.15) is 0 Å². The zero-order valence-corrected chi connectivity index (χ0v) is 11.7. The number of aliphatic carboxylic acids is 1. The van der Waals surface area contributed by atoms with Gasteiger partial charge in [-0.1, -0.05) is 0 Å². The van der Waals surface area contributed by atoms with Gasteiger partial charge in [-0.3, -0.25) is 9.59 Å². The largest absolute Gasteiger partial charge is 0.480 e. The number of methoxy groups -OCH3 is 1. The van der Waals surface area contributed by atoms with Gasteiger partial charge in [0.05, 0.1) is 13.0 Å². The molecule has 1 aliphatic rings. The highest BCUT2D eigenvalue weighted by Gasteiger charge is 2.33. The molecule has 1 heterocycles. The van der Waals surface area contributed by atoms with Crippen LogP contribution in [0.4, 0.5) is 4.79 Å². The second-order valence-corrected chi connectivity index (χ2v) is 4.80. The second-order valence-electron chi connectivity index (χ2n) is 4.80. The number of hydrogen-bond acceptors (Lipinski definition) is 5. The van der Waals surface area contributed by atoms with Gasteiger partial charge in [-0.25, -0.2) is 9.59 Å². The van der Waals surface area contributed by atoms with Crippen molar-refractivity contribution in [2.24, 2.45) is 11.7 Å². The Labute approximate surface area is 121 Å². The monoisotopic (exact) mass is 301 g/mol. The first-order valence-electron chi connectivity index (χ1n) is 6.49. The van der Waals surface area contributed by atoms with Gasteiger partial charge in [-0.15, -0.1) is 0 Å². The lowest BCUT2D eigenvalue weighted by atomic mass is 10.1. The summed E-state index contributed by atoms with van der Waals surface area (Å²) in [6.45, 7) is 0.522. The van der Waals surface area contributed by atoms with Crippen LogP contribution in [0.5, 0.6) is 0 Å². The zero-order chi connectivity index (χ0) is 16.0. The van der Waals surface area contributed by atoms with Crippen molar-refractivity contribution in [3.63, 3.8) is 0 Å². The molecule has 0 aliphatic carbocycles. The molecular weight excluding hydrogens is 282 g/mol. The Morgan fingerprint density at radius 2 is 2.10 bits per heavy atom. The van der Waals surface area contributed by atoms with Crippen molar-refractivity contribution < 1.29 is 29.0 Å². The minimum Gasteiger partial charge on any atom is -0.480 e. The summed E-state index contributed by atoms with van der Waals surface area (Å²) >= 11 is 0. The summed E-state index contributed by atoms with van der Waals surface area (Å²) in [5.41, 5.74) is 4.95. The van der Waals surface area contributed by atoms with Crippen molar-refractivity contribution in [1.82, 2.24) is 10.2 Å². The number of nitrogens with two attached hydrogens (primary N) is 1. The molecule has 0 bridgehead atoms. The number of rotatable bonds is 6. The lowest BCUT2D eigenvalue weighted by Crippen LogP contribution is -2.47.